The third-order valence-electron chi connectivity index (χ3n) is 4.14. The van der Waals surface area contributed by atoms with E-state index in [1.807, 2.05) is 16.9 Å². The third-order valence-corrected chi connectivity index (χ3v) is 4.14. The van der Waals surface area contributed by atoms with Gasteiger partial charge in [-0.25, -0.2) is 0 Å². The second-order valence-electron chi connectivity index (χ2n) is 6.12. The Morgan fingerprint density at radius 1 is 1.48 bits per heavy atom. The van der Waals surface area contributed by atoms with Crippen LogP contribution in [0.5, 0.6) is 0 Å². The van der Waals surface area contributed by atoms with Crippen LogP contribution in [0.2, 0.25) is 0 Å². The van der Waals surface area contributed by atoms with E-state index in [1.165, 1.54) is 19.8 Å². The normalized spacial score (nSPS) is 22.6. The smallest absolute Gasteiger partial charge is 0.222 e. The highest BCUT2D eigenvalue weighted by atomic mass is 16.5. The molecule has 2 fully saturated rings. The molecule has 6 nitrogen and oxygen atoms in total. The van der Waals surface area contributed by atoms with Gasteiger partial charge < -0.3 is 10.1 Å². The molecule has 116 valence electrons. The van der Waals surface area contributed by atoms with Crippen molar-refractivity contribution in [3.8, 4) is 0 Å². The molecule has 0 unspecified atom stereocenters. The van der Waals surface area contributed by atoms with Gasteiger partial charge in [0.15, 0.2) is 5.82 Å². The van der Waals surface area contributed by atoms with Crippen LogP contribution in [-0.4, -0.2) is 53.4 Å². The Kier molecular flexibility index (Phi) is 4.55. The summed E-state index contributed by atoms with van der Waals surface area (Å²) >= 11 is 0. The molecule has 1 saturated carbocycles. The van der Waals surface area contributed by atoms with E-state index in [9.17, 15) is 4.79 Å². The first-order chi connectivity index (χ1) is 10.2. The van der Waals surface area contributed by atoms with Crippen molar-refractivity contribution in [3.05, 3.63) is 12.3 Å². The number of hydrogen-bond donors (Lipinski definition) is 1. The standard InChI is InChI=1S/C15H24N4O2/c1-12(20)16-15-5-7-19(17-15)14-4-6-18(10-14)8-9-21-11-13-2-3-13/h5,7,13-14H,2-4,6,8-11H2,1H3,(H,16,17,20)/t14-/m1/s1. The fourth-order valence-corrected chi connectivity index (χ4v) is 2.75. The quantitative estimate of drug-likeness (QED) is 0.774. The van der Waals surface area contributed by atoms with Crippen molar-refractivity contribution < 1.29 is 9.53 Å². The van der Waals surface area contributed by atoms with E-state index in [0.29, 0.717) is 11.9 Å². The van der Waals surface area contributed by atoms with Gasteiger partial charge in [0, 0.05) is 45.4 Å². The summed E-state index contributed by atoms with van der Waals surface area (Å²) in [4.78, 5) is 13.4. The van der Waals surface area contributed by atoms with Crippen LogP contribution < -0.4 is 5.32 Å². The van der Waals surface area contributed by atoms with Gasteiger partial charge in [-0.1, -0.05) is 0 Å². The van der Waals surface area contributed by atoms with Crippen molar-refractivity contribution in [1.82, 2.24) is 14.7 Å². The lowest BCUT2D eigenvalue weighted by molar-refractivity contribution is -0.114. The van der Waals surface area contributed by atoms with E-state index < -0.39 is 0 Å². The molecular formula is C15H24N4O2. The van der Waals surface area contributed by atoms with Gasteiger partial charge in [0.2, 0.25) is 5.91 Å². The van der Waals surface area contributed by atoms with Crippen molar-refractivity contribution in [3.63, 3.8) is 0 Å². The highest BCUT2D eigenvalue weighted by molar-refractivity contribution is 5.87. The minimum atomic E-state index is -0.0823. The Hall–Kier alpha value is -1.40. The lowest BCUT2D eigenvalue weighted by Gasteiger charge is -2.16. The average Bonchev–Trinajstić information content (AvgIpc) is 2.96. The first-order valence-electron chi connectivity index (χ1n) is 7.83. The summed E-state index contributed by atoms with van der Waals surface area (Å²) in [5.41, 5.74) is 0. The summed E-state index contributed by atoms with van der Waals surface area (Å²) < 4.78 is 7.67. The zero-order valence-corrected chi connectivity index (χ0v) is 12.6. The summed E-state index contributed by atoms with van der Waals surface area (Å²) in [7, 11) is 0. The molecule has 1 atom stereocenters. The minimum absolute atomic E-state index is 0.0823. The van der Waals surface area contributed by atoms with E-state index in [1.54, 1.807) is 0 Å². The van der Waals surface area contributed by atoms with E-state index in [2.05, 4.69) is 15.3 Å². The molecule has 3 rings (SSSR count). The fraction of sp³-hybridized carbons (Fsp3) is 0.733. The van der Waals surface area contributed by atoms with Gasteiger partial charge in [0.25, 0.3) is 0 Å². The lowest BCUT2D eigenvalue weighted by Crippen LogP contribution is -2.26. The van der Waals surface area contributed by atoms with Crippen LogP contribution in [0.25, 0.3) is 0 Å². The van der Waals surface area contributed by atoms with Crippen LogP contribution in [0.15, 0.2) is 12.3 Å². The van der Waals surface area contributed by atoms with Gasteiger partial charge in [-0.2, -0.15) is 5.10 Å². The largest absolute Gasteiger partial charge is 0.380 e. The van der Waals surface area contributed by atoms with E-state index in [4.69, 9.17) is 4.74 Å². The SMILES string of the molecule is CC(=O)Nc1ccn([C@@H]2CCN(CCOCC3CC3)C2)n1. The van der Waals surface area contributed by atoms with Crippen molar-refractivity contribution in [2.24, 2.45) is 5.92 Å². The average molecular weight is 292 g/mol. The molecule has 1 saturated heterocycles. The van der Waals surface area contributed by atoms with Gasteiger partial charge in [-0.3, -0.25) is 14.4 Å². The Labute approximate surface area is 125 Å². The number of carbonyl (C=O) groups excluding carboxylic acids is 1. The highest BCUT2D eigenvalue weighted by Gasteiger charge is 2.25. The first-order valence-corrected chi connectivity index (χ1v) is 7.83. The molecule has 1 aromatic rings. The number of likely N-dealkylation sites (tertiary alicyclic amines) is 1. The number of ether oxygens (including phenoxy) is 1. The molecule has 1 aromatic heterocycles. The monoisotopic (exact) mass is 292 g/mol. The van der Waals surface area contributed by atoms with Gasteiger partial charge in [0.1, 0.15) is 0 Å². The van der Waals surface area contributed by atoms with Gasteiger partial charge >= 0.3 is 0 Å². The molecule has 2 heterocycles. The number of anilines is 1. The summed E-state index contributed by atoms with van der Waals surface area (Å²) in [6.07, 6.45) is 5.75. The second-order valence-corrected chi connectivity index (χ2v) is 6.12. The van der Waals surface area contributed by atoms with Crippen LogP contribution in [0.4, 0.5) is 5.82 Å². The zero-order valence-electron chi connectivity index (χ0n) is 12.6. The number of hydrogen-bond acceptors (Lipinski definition) is 4. The first kappa shape index (κ1) is 14.5. The van der Waals surface area contributed by atoms with E-state index in [0.717, 1.165) is 45.2 Å². The number of amides is 1. The van der Waals surface area contributed by atoms with E-state index >= 15 is 0 Å². The third kappa shape index (κ3) is 4.28. The Morgan fingerprint density at radius 2 is 2.33 bits per heavy atom. The van der Waals surface area contributed by atoms with Gasteiger partial charge in [-0.15, -0.1) is 0 Å². The number of nitrogens with one attached hydrogen (secondary N) is 1. The summed E-state index contributed by atoms with van der Waals surface area (Å²) in [5.74, 6) is 1.39. The topological polar surface area (TPSA) is 59.4 Å². The molecule has 0 bridgehead atoms. The molecule has 1 N–H and O–H groups in total. The predicted octanol–water partition coefficient (Wildman–Crippen LogP) is 1.51. The molecule has 6 heteroatoms. The Morgan fingerprint density at radius 3 is 3.10 bits per heavy atom. The van der Waals surface area contributed by atoms with E-state index in [-0.39, 0.29) is 5.91 Å². The minimum Gasteiger partial charge on any atom is -0.380 e. The van der Waals surface area contributed by atoms with Crippen LogP contribution >= 0.6 is 0 Å². The summed E-state index contributed by atoms with van der Waals surface area (Å²) in [6, 6.07) is 2.25. The summed E-state index contributed by atoms with van der Waals surface area (Å²) in [5, 5.41) is 7.14. The Bertz CT molecular complexity index is 484. The van der Waals surface area contributed by atoms with Gasteiger partial charge in [-0.05, 0) is 25.2 Å². The molecular weight excluding hydrogens is 268 g/mol. The highest BCUT2D eigenvalue weighted by Crippen LogP contribution is 2.28. The molecule has 1 amide bonds. The molecule has 2 aliphatic rings. The molecule has 0 aromatic carbocycles. The number of carbonyl (C=O) groups is 1. The van der Waals surface area contributed by atoms with Crippen LogP contribution in [0.1, 0.15) is 32.2 Å². The van der Waals surface area contributed by atoms with Gasteiger partial charge in [0.05, 0.1) is 12.6 Å². The Balaban J connectivity index is 1.40. The van der Waals surface area contributed by atoms with Crippen LogP contribution in [0, 0.1) is 5.92 Å². The summed E-state index contributed by atoms with van der Waals surface area (Å²) in [6.45, 7) is 6.37. The lowest BCUT2D eigenvalue weighted by atomic mass is 10.3. The number of nitrogens with zero attached hydrogens (tertiary/aromatic N) is 3. The molecule has 1 aliphatic carbocycles. The molecule has 1 aliphatic heterocycles. The molecule has 0 radical (unpaired) electrons. The number of rotatable bonds is 7. The molecule has 21 heavy (non-hydrogen) atoms. The maximum atomic E-state index is 11.0. The van der Waals surface area contributed by atoms with Crippen molar-refractivity contribution in [2.45, 2.75) is 32.2 Å². The van der Waals surface area contributed by atoms with Crippen LogP contribution in [-0.2, 0) is 9.53 Å². The molecule has 0 spiro atoms. The predicted molar refractivity (Wildman–Crippen MR) is 80.2 cm³/mol. The maximum absolute atomic E-state index is 11.0. The maximum Gasteiger partial charge on any atom is 0.222 e. The van der Waals surface area contributed by atoms with Crippen molar-refractivity contribution in [2.75, 3.05) is 38.2 Å². The zero-order chi connectivity index (χ0) is 14.7. The second kappa shape index (κ2) is 6.58. The van der Waals surface area contributed by atoms with Crippen molar-refractivity contribution in [1.29, 1.82) is 0 Å². The number of aromatic nitrogens is 2. The fourth-order valence-electron chi connectivity index (χ4n) is 2.75. The van der Waals surface area contributed by atoms with Crippen LogP contribution in [0.3, 0.4) is 0 Å². The van der Waals surface area contributed by atoms with Crippen molar-refractivity contribution >= 4 is 11.7 Å².